The van der Waals surface area contributed by atoms with Crippen molar-refractivity contribution in [2.24, 2.45) is 5.73 Å². The Balaban J connectivity index is 1.67. The fourth-order valence-electron chi connectivity index (χ4n) is 2.79. The molecule has 0 bridgehead atoms. The first-order valence-corrected chi connectivity index (χ1v) is 7.13. The molecule has 0 amide bonds. The molecule has 1 aromatic carbocycles. The summed E-state index contributed by atoms with van der Waals surface area (Å²) < 4.78 is 16.6. The number of hydrogen-bond acceptors (Lipinski definition) is 5. The molecule has 0 fully saturated rings. The van der Waals surface area contributed by atoms with E-state index in [1.807, 2.05) is 18.2 Å². The summed E-state index contributed by atoms with van der Waals surface area (Å²) in [5.41, 5.74) is 9.19. The third-order valence-electron chi connectivity index (χ3n) is 3.87. The van der Waals surface area contributed by atoms with Gasteiger partial charge in [-0.3, -0.25) is 0 Å². The summed E-state index contributed by atoms with van der Waals surface area (Å²) in [4.78, 5) is 4.64. The highest BCUT2D eigenvalue weighted by Crippen LogP contribution is 2.37. The molecule has 0 atom stereocenters. The lowest BCUT2D eigenvalue weighted by Gasteiger charge is -2.11. The smallest absolute Gasteiger partial charge is 0.231 e. The maximum absolute atomic E-state index is 5.92. The van der Waals surface area contributed by atoms with E-state index in [0.29, 0.717) is 23.9 Å². The summed E-state index contributed by atoms with van der Waals surface area (Å²) in [5.74, 6) is 2.71. The molecule has 2 aliphatic rings. The average molecular weight is 284 g/mol. The quantitative estimate of drug-likeness (QED) is 0.938. The Morgan fingerprint density at radius 3 is 2.95 bits per heavy atom. The van der Waals surface area contributed by atoms with Crippen molar-refractivity contribution < 1.29 is 14.2 Å². The fourth-order valence-corrected chi connectivity index (χ4v) is 2.79. The summed E-state index contributed by atoms with van der Waals surface area (Å²) >= 11 is 0. The second-order valence-corrected chi connectivity index (χ2v) is 5.23. The zero-order valence-electron chi connectivity index (χ0n) is 11.6. The summed E-state index contributed by atoms with van der Waals surface area (Å²) in [6.45, 7) is 0.671. The number of hydrogen-bond donors (Lipinski definition) is 1. The van der Waals surface area contributed by atoms with Crippen molar-refractivity contribution in [3.05, 3.63) is 41.1 Å². The first kappa shape index (κ1) is 12.5. The zero-order chi connectivity index (χ0) is 14.2. The van der Waals surface area contributed by atoms with Gasteiger partial charge in [-0.25, -0.2) is 4.98 Å². The molecule has 2 N–H and O–H groups in total. The Labute approximate surface area is 122 Å². The maximum Gasteiger partial charge on any atom is 0.231 e. The van der Waals surface area contributed by atoms with Gasteiger partial charge in [0.1, 0.15) is 5.75 Å². The number of rotatable bonds is 3. The number of aryl methyl sites for hydroxylation is 2. The second kappa shape index (κ2) is 4.93. The van der Waals surface area contributed by atoms with E-state index in [0.717, 1.165) is 36.3 Å². The van der Waals surface area contributed by atoms with Crippen molar-refractivity contribution in [1.29, 1.82) is 0 Å². The predicted octanol–water partition coefficient (Wildman–Crippen LogP) is 2.55. The molecule has 108 valence electrons. The van der Waals surface area contributed by atoms with Gasteiger partial charge < -0.3 is 19.9 Å². The number of benzene rings is 1. The number of ether oxygens (including phenoxy) is 3. The second-order valence-electron chi connectivity index (χ2n) is 5.23. The molecule has 1 aromatic heterocycles. The molecule has 0 unspecified atom stereocenters. The van der Waals surface area contributed by atoms with Crippen LogP contribution in [0.4, 0.5) is 0 Å². The van der Waals surface area contributed by atoms with Gasteiger partial charge in [-0.1, -0.05) is 0 Å². The van der Waals surface area contributed by atoms with E-state index in [4.69, 9.17) is 19.9 Å². The van der Waals surface area contributed by atoms with Crippen molar-refractivity contribution >= 4 is 0 Å². The van der Waals surface area contributed by atoms with Crippen LogP contribution in [0.15, 0.2) is 24.3 Å². The first-order valence-electron chi connectivity index (χ1n) is 7.13. The van der Waals surface area contributed by atoms with Crippen LogP contribution in [0.2, 0.25) is 0 Å². The Morgan fingerprint density at radius 1 is 1.14 bits per heavy atom. The minimum atomic E-state index is 0.254. The number of fused-ring (bicyclic) bond motifs is 2. The van der Waals surface area contributed by atoms with E-state index in [1.165, 1.54) is 5.56 Å². The Bertz CT molecular complexity index is 700. The molecule has 5 heteroatoms. The molecular formula is C16H16N2O3. The van der Waals surface area contributed by atoms with Crippen molar-refractivity contribution in [3.8, 4) is 23.1 Å². The fraction of sp³-hybridized carbons (Fsp3) is 0.312. The summed E-state index contributed by atoms with van der Waals surface area (Å²) in [6, 6.07) is 7.63. The molecule has 2 aromatic rings. The van der Waals surface area contributed by atoms with Gasteiger partial charge in [0.05, 0.1) is 0 Å². The SMILES string of the molecule is NCc1cc2c(nc1Oc1ccc3c(c1)OCO3)CCC2. The third-order valence-corrected chi connectivity index (χ3v) is 3.87. The molecule has 21 heavy (non-hydrogen) atoms. The average Bonchev–Trinajstić information content (AvgIpc) is 3.13. The standard InChI is InChI=1S/C16H16N2O3/c17-8-11-6-10-2-1-3-13(10)18-16(11)21-12-4-5-14-15(7-12)20-9-19-14/h4-7H,1-3,8-9,17H2. The molecule has 0 spiro atoms. The van der Waals surface area contributed by atoms with Gasteiger partial charge in [-0.2, -0.15) is 0 Å². The van der Waals surface area contributed by atoms with Crippen LogP contribution in [0.25, 0.3) is 0 Å². The van der Waals surface area contributed by atoms with Gasteiger partial charge in [-0.05, 0) is 43.0 Å². The van der Waals surface area contributed by atoms with Crippen LogP contribution in [0.3, 0.4) is 0 Å². The van der Waals surface area contributed by atoms with Gasteiger partial charge in [0.2, 0.25) is 12.7 Å². The van der Waals surface area contributed by atoms with Crippen LogP contribution < -0.4 is 19.9 Å². The minimum Gasteiger partial charge on any atom is -0.454 e. The number of nitrogens with zero attached hydrogens (tertiary/aromatic N) is 1. The minimum absolute atomic E-state index is 0.254. The van der Waals surface area contributed by atoms with E-state index in [1.54, 1.807) is 0 Å². The number of aromatic nitrogens is 1. The third kappa shape index (κ3) is 2.19. The molecular weight excluding hydrogens is 268 g/mol. The maximum atomic E-state index is 5.92. The first-order chi connectivity index (χ1) is 10.3. The Morgan fingerprint density at radius 2 is 2.05 bits per heavy atom. The molecule has 1 aliphatic carbocycles. The van der Waals surface area contributed by atoms with E-state index in [9.17, 15) is 0 Å². The van der Waals surface area contributed by atoms with E-state index < -0.39 is 0 Å². The summed E-state index contributed by atoms with van der Waals surface area (Å²) in [7, 11) is 0. The molecule has 0 saturated heterocycles. The largest absolute Gasteiger partial charge is 0.454 e. The van der Waals surface area contributed by atoms with Crippen LogP contribution >= 0.6 is 0 Å². The van der Waals surface area contributed by atoms with Crippen LogP contribution in [0, 0.1) is 0 Å². The molecule has 4 rings (SSSR count). The van der Waals surface area contributed by atoms with Crippen molar-refractivity contribution in [1.82, 2.24) is 4.98 Å². The van der Waals surface area contributed by atoms with E-state index >= 15 is 0 Å². The van der Waals surface area contributed by atoms with Gasteiger partial charge in [-0.15, -0.1) is 0 Å². The molecule has 0 saturated carbocycles. The highest BCUT2D eigenvalue weighted by molar-refractivity contribution is 5.48. The van der Waals surface area contributed by atoms with Gasteiger partial charge in [0.15, 0.2) is 11.5 Å². The normalized spacial score (nSPS) is 15.1. The summed E-state index contributed by atoms with van der Waals surface area (Å²) in [6.07, 6.45) is 3.25. The van der Waals surface area contributed by atoms with Crippen LogP contribution in [-0.2, 0) is 19.4 Å². The molecule has 2 heterocycles. The van der Waals surface area contributed by atoms with Crippen LogP contribution in [-0.4, -0.2) is 11.8 Å². The lowest BCUT2D eigenvalue weighted by atomic mass is 10.1. The van der Waals surface area contributed by atoms with E-state index in [-0.39, 0.29) is 6.79 Å². The van der Waals surface area contributed by atoms with Crippen molar-refractivity contribution in [2.45, 2.75) is 25.8 Å². The molecule has 5 nitrogen and oxygen atoms in total. The highest BCUT2D eigenvalue weighted by atomic mass is 16.7. The van der Waals surface area contributed by atoms with Crippen molar-refractivity contribution in [3.63, 3.8) is 0 Å². The summed E-state index contributed by atoms with van der Waals surface area (Å²) in [5, 5.41) is 0. The lowest BCUT2D eigenvalue weighted by molar-refractivity contribution is 0.174. The topological polar surface area (TPSA) is 66.6 Å². The zero-order valence-corrected chi connectivity index (χ0v) is 11.6. The highest BCUT2D eigenvalue weighted by Gasteiger charge is 2.18. The Kier molecular flexibility index (Phi) is 2.93. The molecule has 0 radical (unpaired) electrons. The number of pyridine rings is 1. The van der Waals surface area contributed by atoms with E-state index in [2.05, 4.69) is 11.1 Å². The van der Waals surface area contributed by atoms with Crippen molar-refractivity contribution in [2.75, 3.05) is 6.79 Å². The molecule has 1 aliphatic heterocycles. The Hall–Kier alpha value is -2.27. The predicted molar refractivity (Wildman–Crippen MR) is 76.8 cm³/mol. The van der Waals surface area contributed by atoms with Gasteiger partial charge >= 0.3 is 0 Å². The monoisotopic (exact) mass is 284 g/mol. The number of nitrogens with two attached hydrogens (primary N) is 1. The van der Waals surface area contributed by atoms with Crippen LogP contribution in [0.5, 0.6) is 23.1 Å². The van der Waals surface area contributed by atoms with Gasteiger partial charge in [0, 0.05) is 23.9 Å². The lowest BCUT2D eigenvalue weighted by Crippen LogP contribution is -2.04. The van der Waals surface area contributed by atoms with Crippen LogP contribution in [0.1, 0.15) is 23.2 Å². The van der Waals surface area contributed by atoms with Gasteiger partial charge in [0.25, 0.3) is 0 Å².